The van der Waals surface area contributed by atoms with Crippen molar-refractivity contribution in [2.24, 2.45) is 0 Å². The van der Waals surface area contributed by atoms with Crippen LogP contribution in [0.15, 0.2) is 28.7 Å². The van der Waals surface area contributed by atoms with Gasteiger partial charge < -0.3 is 4.74 Å². The van der Waals surface area contributed by atoms with Gasteiger partial charge in [0.05, 0.1) is 11.1 Å². The summed E-state index contributed by atoms with van der Waals surface area (Å²) in [5.41, 5.74) is 1.84. The summed E-state index contributed by atoms with van der Waals surface area (Å²) in [5, 5.41) is 0.578. The molecule has 0 amide bonds. The van der Waals surface area contributed by atoms with E-state index in [0.29, 0.717) is 16.9 Å². The van der Waals surface area contributed by atoms with Gasteiger partial charge >= 0.3 is 0 Å². The van der Waals surface area contributed by atoms with Crippen LogP contribution in [0.5, 0.6) is 0 Å². The third kappa shape index (κ3) is 2.83. The lowest BCUT2D eigenvalue weighted by atomic mass is 10.1. The van der Waals surface area contributed by atoms with Gasteiger partial charge in [0.2, 0.25) is 0 Å². The topological polar surface area (TPSA) is 35.0 Å². The van der Waals surface area contributed by atoms with E-state index in [0.717, 1.165) is 11.1 Å². The fourth-order valence-corrected chi connectivity index (χ4v) is 2.10. The molecule has 0 saturated carbocycles. The number of benzene rings is 1. The zero-order valence-corrected chi connectivity index (χ0v) is 12.6. The standard InChI is InChI=1S/C12H9BrCl2N2O/c1-18-6-7-4-2-3-5-8(7)12-16-10(14)9(13)11(15)17-12/h2-5H,6H2,1H3. The molecule has 0 aliphatic rings. The molecule has 2 rings (SSSR count). The van der Waals surface area contributed by atoms with Crippen molar-refractivity contribution in [1.82, 2.24) is 9.97 Å². The van der Waals surface area contributed by atoms with Crippen molar-refractivity contribution < 1.29 is 4.74 Å². The van der Waals surface area contributed by atoms with Crippen LogP contribution in [0.1, 0.15) is 5.56 Å². The van der Waals surface area contributed by atoms with Crippen LogP contribution in [0.2, 0.25) is 10.3 Å². The maximum absolute atomic E-state index is 5.98. The van der Waals surface area contributed by atoms with Gasteiger partial charge in [-0.2, -0.15) is 0 Å². The van der Waals surface area contributed by atoms with Crippen LogP contribution in [-0.4, -0.2) is 17.1 Å². The van der Waals surface area contributed by atoms with E-state index in [1.165, 1.54) is 0 Å². The smallest absolute Gasteiger partial charge is 0.162 e. The predicted molar refractivity (Wildman–Crippen MR) is 75.9 cm³/mol. The highest BCUT2D eigenvalue weighted by molar-refractivity contribution is 9.10. The number of hydrogen-bond donors (Lipinski definition) is 0. The highest BCUT2D eigenvalue weighted by Crippen LogP contribution is 2.31. The number of nitrogens with zero attached hydrogens (tertiary/aromatic N) is 2. The summed E-state index contributed by atoms with van der Waals surface area (Å²) in [6.45, 7) is 0.477. The van der Waals surface area contributed by atoms with Crippen molar-refractivity contribution in [3.05, 3.63) is 44.6 Å². The fraction of sp³-hybridized carbons (Fsp3) is 0.167. The van der Waals surface area contributed by atoms with Gasteiger partial charge in [-0.1, -0.05) is 47.5 Å². The molecule has 0 fully saturated rings. The summed E-state index contributed by atoms with van der Waals surface area (Å²) in [5.74, 6) is 0.487. The predicted octanol–water partition coefficient (Wildman–Crippen LogP) is 4.36. The first kappa shape index (κ1) is 13.7. The third-order valence-electron chi connectivity index (χ3n) is 2.33. The lowest BCUT2D eigenvalue weighted by molar-refractivity contribution is 0.185. The molecule has 0 N–H and O–H groups in total. The number of aromatic nitrogens is 2. The number of hydrogen-bond acceptors (Lipinski definition) is 3. The van der Waals surface area contributed by atoms with Crippen molar-refractivity contribution in [1.29, 1.82) is 0 Å². The van der Waals surface area contributed by atoms with E-state index in [4.69, 9.17) is 27.9 Å². The molecule has 0 atom stereocenters. The van der Waals surface area contributed by atoms with Crippen LogP contribution in [0.3, 0.4) is 0 Å². The minimum atomic E-state index is 0.289. The first-order valence-corrected chi connectivity index (χ1v) is 6.64. The summed E-state index contributed by atoms with van der Waals surface area (Å²) >= 11 is 15.2. The summed E-state index contributed by atoms with van der Waals surface area (Å²) < 4.78 is 5.64. The Morgan fingerprint density at radius 1 is 1.17 bits per heavy atom. The molecular weight excluding hydrogens is 339 g/mol. The fourth-order valence-electron chi connectivity index (χ4n) is 1.53. The molecule has 94 valence electrons. The van der Waals surface area contributed by atoms with Crippen molar-refractivity contribution in [3.8, 4) is 11.4 Å². The second kappa shape index (κ2) is 5.97. The average molecular weight is 348 g/mol. The Balaban J connectivity index is 2.55. The van der Waals surface area contributed by atoms with Gasteiger partial charge in [0.1, 0.15) is 10.3 Å². The minimum Gasteiger partial charge on any atom is -0.380 e. The molecule has 0 bridgehead atoms. The molecule has 0 radical (unpaired) electrons. The Morgan fingerprint density at radius 2 is 1.78 bits per heavy atom. The van der Waals surface area contributed by atoms with E-state index in [2.05, 4.69) is 25.9 Å². The summed E-state index contributed by atoms with van der Waals surface area (Å²) in [6.07, 6.45) is 0. The maximum atomic E-state index is 5.98. The Hall–Kier alpha value is -0.680. The van der Waals surface area contributed by atoms with Gasteiger partial charge in [0.25, 0.3) is 0 Å². The van der Waals surface area contributed by atoms with Gasteiger partial charge in [-0.25, -0.2) is 9.97 Å². The minimum absolute atomic E-state index is 0.289. The van der Waals surface area contributed by atoms with Gasteiger partial charge in [-0.3, -0.25) is 0 Å². The van der Waals surface area contributed by atoms with Gasteiger partial charge in [0, 0.05) is 12.7 Å². The van der Waals surface area contributed by atoms with E-state index < -0.39 is 0 Å². The highest BCUT2D eigenvalue weighted by atomic mass is 79.9. The zero-order valence-electron chi connectivity index (χ0n) is 9.45. The molecule has 18 heavy (non-hydrogen) atoms. The monoisotopic (exact) mass is 346 g/mol. The molecule has 6 heteroatoms. The molecule has 0 saturated heterocycles. The molecular formula is C12H9BrCl2N2O. The van der Waals surface area contributed by atoms with Crippen LogP contribution in [0, 0.1) is 0 Å². The lowest BCUT2D eigenvalue weighted by Crippen LogP contribution is -1.97. The lowest BCUT2D eigenvalue weighted by Gasteiger charge is -2.08. The Kier molecular flexibility index (Phi) is 4.56. The molecule has 1 aromatic heterocycles. The van der Waals surface area contributed by atoms with E-state index in [-0.39, 0.29) is 10.3 Å². The van der Waals surface area contributed by atoms with E-state index in [1.54, 1.807) is 7.11 Å². The first-order valence-electron chi connectivity index (χ1n) is 5.09. The van der Waals surface area contributed by atoms with Gasteiger partial charge in [0.15, 0.2) is 5.82 Å². The quantitative estimate of drug-likeness (QED) is 0.774. The van der Waals surface area contributed by atoms with Gasteiger partial charge in [-0.15, -0.1) is 0 Å². The molecule has 0 spiro atoms. The van der Waals surface area contributed by atoms with Crippen molar-refractivity contribution in [2.75, 3.05) is 7.11 Å². The average Bonchev–Trinajstić information content (AvgIpc) is 2.36. The zero-order chi connectivity index (χ0) is 13.1. The second-order valence-corrected chi connectivity index (χ2v) is 5.04. The second-order valence-electron chi connectivity index (χ2n) is 3.53. The Morgan fingerprint density at radius 3 is 2.39 bits per heavy atom. The number of methoxy groups -OCH3 is 1. The van der Waals surface area contributed by atoms with E-state index >= 15 is 0 Å². The summed E-state index contributed by atoms with van der Waals surface area (Å²) in [6, 6.07) is 7.69. The molecule has 0 aliphatic heterocycles. The first-order chi connectivity index (χ1) is 8.63. The van der Waals surface area contributed by atoms with Crippen LogP contribution >= 0.6 is 39.1 Å². The summed E-state index contributed by atoms with van der Waals surface area (Å²) in [4.78, 5) is 8.43. The van der Waals surface area contributed by atoms with Gasteiger partial charge in [-0.05, 0) is 21.5 Å². The summed E-state index contributed by atoms with van der Waals surface area (Å²) in [7, 11) is 1.64. The molecule has 0 aliphatic carbocycles. The van der Waals surface area contributed by atoms with Crippen LogP contribution in [0.25, 0.3) is 11.4 Å². The number of ether oxygens (including phenoxy) is 1. The number of rotatable bonds is 3. The molecule has 2 aromatic rings. The SMILES string of the molecule is COCc1ccccc1-c1nc(Cl)c(Br)c(Cl)n1. The van der Waals surface area contributed by atoms with Crippen molar-refractivity contribution in [3.63, 3.8) is 0 Å². The normalized spacial score (nSPS) is 10.7. The highest BCUT2D eigenvalue weighted by Gasteiger charge is 2.13. The molecule has 0 unspecified atom stereocenters. The van der Waals surface area contributed by atoms with Crippen LogP contribution in [0.4, 0.5) is 0 Å². The van der Waals surface area contributed by atoms with E-state index in [9.17, 15) is 0 Å². The van der Waals surface area contributed by atoms with E-state index in [1.807, 2.05) is 24.3 Å². The molecule has 1 heterocycles. The van der Waals surface area contributed by atoms with Crippen molar-refractivity contribution >= 4 is 39.1 Å². The Bertz CT molecular complexity index is 555. The molecule has 3 nitrogen and oxygen atoms in total. The largest absolute Gasteiger partial charge is 0.380 e. The molecule has 1 aromatic carbocycles. The van der Waals surface area contributed by atoms with Crippen molar-refractivity contribution in [2.45, 2.75) is 6.61 Å². The van der Waals surface area contributed by atoms with Crippen LogP contribution < -0.4 is 0 Å². The number of halogens is 3. The van der Waals surface area contributed by atoms with Crippen LogP contribution in [-0.2, 0) is 11.3 Å². The third-order valence-corrected chi connectivity index (χ3v) is 4.08. The maximum Gasteiger partial charge on any atom is 0.162 e. The Labute approximate surface area is 123 Å².